The van der Waals surface area contributed by atoms with Crippen molar-refractivity contribution in [1.29, 1.82) is 0 Å². The summed E-state index contributed by atoms with van der Waals surface area (Å²) >= 11 is 0. The van der Waals surface area contributed by atoms with Crippen LogP contribution < -0.4 is 59.1 Å². The molecule has 0 aromatic rings. The topological polar surface area (TPSA) is 164 Å². The summed E-state index contributed by atoms with van der Waals surface area (Å²) < 4.78 is 61.5. The van der Waals surface area contributed by atoms with E-state index in [1.807, 2.05) is 0 Å². The van der Waals surface area contributed by atoms with Gasteiger partial charge in [-0.05, 0) is 0 Å². The van der Waals surface area contributed by atoms with E-state index in [4.69, 9.17) is 0 Å². The SMILES string of the molecule is O.O=S(=O)([O-])OOS(=O)(=O)[O-].[Na+].[Na+]. The van der Waals surface area contributed by atoms with Crippen LogP contribution in [-0.2, 0) is 29.5 Å². The second-order valence-electron chi connectivity index (χ2n) is 0.953. The van der Waals surface area contributed by atoms with E-state index in [2.05, 4.69) is 8.67 Å². The molecular formula is H2Na2O9S2. The van der Waals surface area contributed by atoms with Crippen LogP contribution in [0.5, 0.6) is 0 Å². The van der Waals surface area contributed by atoms with Crippen LogP contribution in [0.1, 0.15) is 0 Å². The maximum Gasteiger partial charge on any atom is 1.00 e. The fourth-order valence-corrected chi connectivity index (χ4v) is 0.612. The van der Waals surface area contributed by atoms with Gasteiger partial charge >= 0.3 is 59.1 Å². The molecule has 0 aromatic carbocycles. The molecule has 70 valence electrons. The molecule has 0 aliphatic carbocycles. The van der Waals surface area contributed by atoms with Crippen molar-refractivity contribution >= 4 is 20.8 Å². The quantitative estimate of drug-likeness (QED) is 0.158. The number of hydrogen-bond acceptors (Lipinski definition) is 8. The van der Waals surface area contributed by atoms with Crippen LogP contribution >= 0.6 is 0 Å². The van der Waals surface area contributed by atoms with Crippen LogP contribution in [0.4, 0.5) is 0 Å². The van der Waals surface area contributed by atoms with E-state index >= 15 is 0 Å². The van der Waals surface area contributed by atoms with Crippen molar-refractivity contribution in [2.75, 3.05) is 0 Å². The van der Waals surface area contributed by atoms with Gasteiger partial charge in [-0.2, -0.15) is 0 Å². The van der Waals surface area contributed by atoms with Gasteiger partial charge in [-0.1, -0.05) is 0 Å². The van der Waals surface area contributed by atoms with E-state index in [0.29, 0.717) is 0 Å². The summed E-state index contributed by atoms with van der Waals surface area (Å²) in [5.41, 5.74) is 0. The molecule has 0 fully saturated rings. The molecule has 0 saturated heterocycles. The van der Waals surface area contributed by atoms with E-state index in [-0.39, 0.29) is 64.6 Å². The molecule has 0 radical (unpaired) electrons. The molecule has 0 atom stereocenters. The second-order valence-corrected chi connectivity index (χ2v) is 2.86. The summed E-state index contributed by atoms with van der Waals surface area (Å²) in [7, 11) is -10.6. The van der Waals surface area contributed by atoms with Crippen LogP contribution in [-0.4, -0.2) is 31.4 Å². The molecule has 0 spiro atoms. The van der Waals surface area contributed by atoms with Gasteiger partial charge in [-0.15, -0.1) is 8.67 Å². The average Bonchev–Trinajstić information content (AvgIpc) is 1.57. The third kappa shape index (κ3) is 24.8. The van der Waals surface area contributed by atoms with E-state index in [1.54, 1.807) is 0 Å². The molecule has 0 aliphatic heterocycles. The van der Waals surface area contributed by atoms with Crippen LogP contribution in [0, 0.1) is 0 Å². The Bertz CT molecular complexity index is 252. The van der Waals surface area contributed by atoms with Crippen LogP contribution in [0.3, 0.4) is 0 Å². The standard InChI is InChI=1S/2Na.H2O8S2.H2O/c;;1-9(2,3)7-8-10(4,5)6;/h;;(H,1,2,3)(H,4,5,6);1H2/q2*+1;;/p-2. The smallest absolute Gasteiger partial charge is 0.724 e. The molecule has 0 saturated carbocycles. The molecule has 0 aromatic heterocycles. The van der Waals surface area contributed by atoms with Gasteiger partial charge < -0.3 is 14.6 Å². The van der Waals surface area contributed by atoms with Crippen molar-refractivity contribution in [3.05, 3.63) is 0 Å². The molecule has 2 N–H and O–H groups in total. The molecule has 0 bridgehead atoms. The zero-order valence-electron chi connectivity index (χ0n) is 6.58. The summed E-state index contributed by atoms with van der Waals surface area (Å²) in [6, 6.07) is 0. The first kappa shape index (κ1) is 24.1. The summed E-state index contributed by atoms with van der Waals surface area (Å²) in [6.45, 7) is 0. The van der Waals surface area contributed by atoms with Crippen LogP contribution in [0.2, 0.25) is 0 Å². The molecule has 0 heterocycles. The molecule has 0 amide bonds. The van der Waals surface area contributed by atoms with E-state index in [9.17, 15) is 25.9 Å². The van der Waals surface area contributed by atoms with Gasteiger partial charge in [0.05, 0.1) is 0 Å². The van der Waals surface area contributed by atoms with E-state index in [0.717, 1.165) is 0 Å². The number of rotatable bonds is 3. The van der Waals surface area contributed by atoms with Gasteiger partial charge in [0, 0.05) is 0 Å². The first-order chi connectivity index (χ1) is 4.21. The van der Waals surface area contributed by atoms with Gasteiger partial charge in [-0.3, -0.25) is 0 Å². The molecular weight excluding hydrogens is 254 g/mol. The van der Waals surface area contributed by atoms with Gasteiger partial charge in [-0.25, -0.2) is 16.8 Å². The van der Waals surface area contributed by atoms with Crippen molar-refractivity contribution in [2.24, 2.45) is 0 Å². The van der Waals surface area contributed by atoms with E-state index in [1.165, 1.54) is 0 Å². The molecule has 13 heteroatoms. The first-order valence-corrected chi connectivity index (χ1v) is 4.17. The van der Waals surface area contributed by atoms with Gasteiger partial charge in [0.25, 0.3) is 0 Å². The van der Waals surface area contributed by atoms with Gasteiger partial charge in [0.15, 0.2) is 0 Å². The number of hydrogen-bond donors (Lipinski definition) is 0. The predicted octanol–water partition coefficient (Wildman–Crippen LogP) is -8.96. The molecule has 0 rings (SSSR count). The minimum absolute atomic E-state index is 0. The average molecular weight is 256 g/mol. The molecule has 13 heavy (non-hydrogen) atoms. The summed E-state index contributed by atoms with van der Waals surface area (Å²) in [6.07, 6.45) is 0. The van der Waals surface area contributed by atoms with Crippen molar-refractivity contribution in [3.8, 4) is 0 Å². The molecule has 9 nitrogen and oxygen atoms in total. The van der Waals surface area contributed by atoms with Gasteiger partial charge in [0.1, 0.15) is 0 Å². The Morgan fingerprint density at radius 2 is 0.923 bits per heavy atom. The summed E-state index contributed by atoms with van der Waals surface area (Å²) in [5, 5.41) is 0. The Hall–Kier alpha value is 1.70. The Morgan fingerprint density at radius 3 is 1.00 bits per heavy atom. The fraction of sp³-hybridized carbons (Fsp3) is 0. The Balaban J connectivity index is -0.000000135. The van der Waals surface area contributed by atoms with Crippen molar-refractivity contribution in [1.82, 2.24) is 0 Å². The second kappa shape index (κ2) is 8.96. The Morgan fingerprint density at radius 1 is 0.769 bits per heavy atom. The predicted molar refractivity (Wildman–Crippen MR) is 25.2 cm³/mol. The fourth-order valence-electron chi connectivity index (χ4n) is 0.0680. The summed E-state index contributed by atoms with van der Waals surface area (Å²) in [4.78, 5) is 0. The van der Waals surface area contributed by atoms with Crippen molar-refractivity contribution in [3.63, 3.8) is 0 Å². The maximum atomic E-state index is 9.37. The monoisotopic (exact) mass is 256 g/mol. The Kier molecular flexibility index (Phi) is 16.6. The van der Waals surface area contributed by atoms with Crippen molar-refractivity contribution < 1.29 is 99.2 Å². The first-order valence-electron chi connectivity index (χ1n) is 1.50. The van der Waals surface area contributed by atoms with Crippen molar-refractivity contribution in [2.45, 2.75) is 0 Å². The van der Waals surface area contributed by atoms with Crippen LogP contribution in [0.25, 0.3) is 0 Å². The normalized spacial score (nSPS) is 10.3. The minimum atomic E-state index is -5.31. The largest absolute Gasteiger partial charge is 1.00 e. The molecule has 0 unspecified atom stereocenters. The minimum Gasteiger partial charge on any atom is -0.724 e. The zero-order valence-corrected chi connectivity index (χ0v) is 12.2. The third-order valence-electron chi connectivity index (χ3n) is 0.194. The maximum absolute atomic E-state index is 9.37. The zero-order chi connectivity index (χ0) is 8.41. The van der Waals surface area contributed by atoms with Gasteiger partial charge in [0.2, 0.25) is 20.8 Å². The molecule has 0 aliphatic rings. The third-order valence-corrected chi connectivity index (χ3v) is 0.750. The van der Waals surface area contributed by atoms with Crippen LogP contribution in [0.15, 0.2) is 0 Å². The Labute approximate surface area is 119 Å². The summed E-state index contributed by atoms with van der Waals surface area (Å²) in [5.74, 6) is 0. The van der Waals surface area contributed by atoms with E-state index < -0.39 is 20.8 Å².